The summed E-state index contributed by atoms with van der Waals surface area (Å²) < 4.78 is 53.7. The Morgan fingerprint density at radius 3 is 2.50 bits per heavy atom. The van der Waals surface area contributed by atoms with Crippen molar-refractivity contribution in [3.8, 4) is 28.9 Å². The number of benzene rings is 1. The summed E-state index contributed by atoms with van der Waals surface area (Å²) in [7, 11) is 0. The topological polar surface area (TPSA) is 114 Å². The molecule has 1 aliphatic rings. The highest BCUT2D eigenvalue weighted by Crippen LogP contribution is 2.30. The zero-order chi connectivity index (χ0) is 22.9. The fourth-order valence-electron chi connectivity index (χ4n) is 3.15. The normalized spacial score (nSPS) is 17.5. The van der Waals surface area contributed by atoms with Crippen LogP contribution in [0.3, 0.4) is 0 Å². The molecular weight excluding hydrogens is 435 g/mol. The fourth-order valence-corrected chi connectivity index (χ4v) is 3.15. The summed E-state index contributed by atoms with van der Waals surface area (Å²) in [6, 6.07) is 5.69. The Morgan fingerprint density at radius 1 is 1.22 bits per heavy atom. The van der Waals surface area contributed by atoms with Gasteiger partial charge in [-0.1, -0.05) is 12.1 Å². The lowest BCUT2D eigenvalue weighted by atomic mass is 10.1. The Labute approximate surface area is 178 Å². The van der Waals surface area contributed by atoms with Crippen LogP contribution < -0.4 is 14.2 Å². The van der Waals surface area contributed by atoms with Gasteiger partial charge in [-0.3, -0.25) is 14.7 Å². The number of alkyl halides is 3. The van der Waals surface area contributed by atoms with Crippen LogP contribution in [0.5, 0.6) is 17.8 Å². The lowest BCUT2D eigenvalue weighted by Gasteiger charge is -2.22. The first-order valence-electron chi connectivity index (χ1n) is 9.26. The SMILES string of the molecule is CC1(COc2ncc(-c3ccc(OC(F)(F)F)cc3)cn2)Cn2cc(C[N+](=O)[O-])nc2O1. The van der Waals surface area contributed by atoms with Crippen LogP contribution in [0.15, 0.2) is 42.9 Å². The number of rotatable bonds is 7. The van der Waals surface area contributed by atoms with Crippen molar-refractivity contribution in [3.63, 3.8) is 0 Å². The summed E-state index contributed by atoms with van der Waals surface area (Å²) in [5.41, 5.74) is 0.738. The van der Waals surface area contributed by atoms with Crippen LogP contribution in [0.2, 0.25) is 0 Å². The Balaban J connectivity index is 1.34. The van der Waals surface area contributed by atoms with Gasteiger partial charge in [-0.25, -0.2) is 9.97 Å². The second kappa shape index (κ2) is 7.98. The lowest BCUT2D eigenvalue weighted by molar-refractivity contribution is -0.497. The summed E-state index contributed by atoms with van der Waals surface area (Å²) in [6.07, 6.45) is -0.220. The Hall–Kier alpha value is -3.90. The maximum absolute atomic E-state index is 12.2. The van der Waals surface area contributed by atoms with Gasteiger partial charge >= 0.3 is 12.4 Å². The molecule has 4 rings (SSSR count). The molecule has 2 aromatic heterocycles. The van der Waals surface area contributed by atoms with Crippen LogP contribution in [0, 0.1) is 10.1 Å². The highest BCUT2D eigenvalue weighted by atomic mass is 19.4. The first-order valence-corrected chi connectivity index (χ1v) is 9.26. The summed E-state index contributed by atoms with van der Waals surface area (Å²) in [5, 5.41) is 10.6. The van der Waals surface area contributed by atoms with E-state index in [-0.39, 0.29) is 30.9 Å². The lowest BCUT2D eigenvalue weighted by Crippen LogP contribution is -2.38. The van der Waals surface area contributed by atoms with Gasteiger partial charge in [-0.05, 0) is 24.6 Å². The smallest absolute Gasteiger partial charge is 0.459 e. The molecule has 0 fully saturated rings. The quantitative estimate of drug-likeness (QED) is 0.397. The molecule has 1 aromatic carbocycles. The summed E-state index contributed by atoms with van der Waals surface area (Å²) >= 11 is 0. The van der Waals surface area contributed by atoms with Crippen molar-refractivity contribution >= 4 is 0 Å². The molecule has 13 heteroatoms. The van der Waals surface area contributed by atoms with Crippen LogP contribution in [-0.4, -0.2) is 43.0 Å². The predicted octanol–water partition coefficient (Wildman–Crippen LogP) is 3.25. The van der Waals surface area contributed by atoms with Gasteiger partial charge < -0.3 is 14.2 Å². The van der Waals surface area contributed by atoms with E-state index in [1.165, 1.54) is 36.7 Å². The first kappa shape index (κ1) is 21.3. The third-order valence-electron chi connectivity index (χ3n) is 4.48. The van der Waals surface area contributed by atoms with Gasteiger partial charge in [0.25, 0.3) is 6.01 Å². The van der Waals surface area contributed by atoms with E-state index in [1.54, 1.807) is 17.7 Å². The van der Waals surface area contributed by atoms with E-state index >= 15 is 0 Å². The van der Waals surface area contributed by atoms with Gasteiger partial charge in [-0.2, -0.15) is 4.98 Å². The van der Waals surface area contributed by atoms with Gasteiger partial charge in [0.1, 0.15) is 18.1 Å². The standard InChI is InChI=1S/C19H16F3N5O5/c1-18(10-26-8-14(9-27(28)29)25-17(26)32-18)11-30-16-23-6-13(7-24-16)12-2-4-15(5-3-12)31-19(20,21)22/h2-8H,9-11H2,1H3. The number of fused-ring (bicyclic) bond motifs is 1. The van der Waals surface area contributed by atoms with E-state index in [9.17, 15) is 23.3 Å². The van der Waals surface area contributed by atoms with Crippen molar-refractivity contribution in [2.24, 2.45) is 0 Å². The number of hydrogen-bond acceptors (Lipinski definition) is 8. The molecule has 0 radical (unpaired) electrons. The van der Waals surface area contributed by atoms with Crippen molar-refractivity contribution in [3.05, 3.63) is 58.7 Å². The van der Waals surface area contributed by atoms with Gasteiger partial charge in [0, 0.05) is 29.1 Å². The third-order valence-corrected chi connectivity index (χ3v) is 4.48. The minimum absolute atomic E-state index is 0.0918. The van der Waals surface area contributed by atoms with Crippen molar-refractivity contribution in [2.75, 3.05) is 6.61 Å². The molecule has 0 bridgehead atoms. The van der Waals surface area contributed by atoms with E-state index in [0.29, 0.717) is 23.4 Å². The van der Waals surface area contributed by atoms with E-state index in [4.69, 9.17) is 9.47 Å². The monoisotopic (exact) mass is 451 g/mol. The van der Waals surface area contributed by atoms with Gasteiger partial charge in [0.05, 0.1) is 6.54 Å². The maximum atomic E-state index is 12.2. The zero-order valence-corrected chi connectivity index (χ0v) is 16.6. The van der Waals surface area contributed by atoms with E-state index in [2.05, 4.69) is 19.7 Å². The molecule has 3 aromatic rings. The number of hydrogen-bond donors (Lipinski definition) is 0. The number of imidazole rings is 1. The summed E-state index contributed by atoms with van der Waals surface area (Å²) in [5.74, 6) is -0.322. The zero-order valence-electron chi connectivity index (χ0n) is 16.6. The van der Waals surface area contributed by atoms with Gasteiger partial charge in [-0.15, -0.1) is 13.2 Å². The van der Waals surface area contributed by atoms with Crippen molar-refractivity contribution < 1.29 is 32.3 Å². The Morgan fingerprint density at radius 2 is 1.91 bits per heavy atom. The molecule has 1 atom stereocenters. The Kier molecular flexibility index (Phi) is 5.32. The molecular formula is C19H16F3N5O5. The maximum Gasteiger partial charge on any atom is 0.573 e. The molecule has 3 heterocycles. The van der Waals surface area contributed by atoms with E-state index < -0.39 is 16.9 Å². The second-order valence-corrected chi connectivity index (χ2v) is 7.30. The predicted molar refractivity (Wildman–Crippen MR) is 102 cm³/mol. The van der Waals surface area contributed by atoms with Gasteiger partial charge in [0.15, 0.2) is 5.60 Å². The largest absolute Gasteiger partial charge is 0.573 e. The van der Waals surface area contributed by atoms with Gasteiger partial charge in [0.2, 0.25) is 6.54 Å². The molecule has 0 saturated heterocycles. The summed E-state index contributed by atoms with van der Waals surface area (Å²) in [4.78, 5) is 22.5. The Bertz CT molecular complexity index is 1090. The molecule has 1 aliphatic heterocycles. The van der Waals surface area contributed by atoms with E-state index in [0.717, 1.165) is 0 Å². The molecule has 32 heavy (non-hydrogen) atoms. The number of aromatic nitrogens is 4. The number of nitrogens with zero attached hydrogens (tertiary/aromatic N) is 5. The number of halogens is 3. The highest BCUT2D eigenvalue weighted by molar-refractivity contribution is 5.62. The van der Waals surface area contributed by atoms with Crippen LogP contribution in [-0.2, 0) is 13.1 Å². The van der Waals surface area contributed by atoms with Crippen LogP contribution in [0.25, 0.3) is 11.1 Å². The first-order chi connectivity index (χ1) is 15.1. The van der Waals surface area contributed by atoms with Crippen LogP contribution >= 0.6 is 0 Å². The number of ether oxygens (including phenoxy) is 3. The molecule has 1 unspecified atom stereocenters. The summed E-state index contributed by atoms with van der Waals surface area (Å²) in [6.45, 7) is 1.91. The molecule has 0 aliphatic carbocycles. The molecule has 10 nitrogen and oxygen atoms in total. The molecule has 0 N–H and O–H groups in total. The highest BCUT2D eigenvalue weighted by Gasteiger charge is 2.38. The van der Waals surface area contributed by atoms with Crippen molar-refractivity contribution in [1.29, 1.82) is 0 Å². The third kappa shape index (κ3) is 5.04. The van der Waals surface area contributed by atoms with Crippen LogP contribution in [0.1, 0.15) is 12.6 Å². The van der Waals surface area contributed by atoms with Crippen LogP contribution in [0.4, 0.5) is 13.2 Å². The molecule has 0 amide bonds. The molecule has 0 spiro atoms. The second-order valence-electron chi connectivity index (χ2n) is 7.30. The fraction of sp³-hybridized carbons (Fsp3) is 0.316. The average Bonchev–Trinajstić information content (AvgIpc) is 3.20. The minimum atomic E-state index is -4.75. The molecule has 168 valence electrons. The number of nitro groups is 1. The molecule has 0 saturated carbocycles. The van der Waals surface area contributed by atoms with Crippen molar-refractivity contribution in [1.82, 2.24) is 19.5 Å². The minimum Gasteiger partial charge on any atom is -0.459 e. The van der Waals surface area contributed by atoms with E-state index in [1.807, 2.05) is 0 Å². The van der Waals surface area contributed by atoms with Crippen molar-refractivity contribution in [2.45, 2.75) is 32.0 Å². The average molecular weight is 451 g/mol.